The largest absolute Gasteiger partial charge is 0.508 e. The number of hydrogen-bond acceptors (Lipinski definition) is 5. The minimum atomic E-state index is 0.364. The van der Waals surface area contributed by atoms with Crippen LogP contribution in [0.15, 0.2) is 60.7 Å². The number of phenolic OH excluding ortho intramolecular Hbond substituents is 1. The summed E-state index contributed by atoms with van der Waals surface area (Å²) < 4.78 is 10.8. The van der Waals surface area contributed by atoms with E-state index in [4.69, 9.17) is 9.47 Å². The highest BCUT2D eigenvalue weighted by molar-refractivity contribution is 5.60. The second kappa shape index (κ2) is 13.0. The number of likely N-dealkylation sites (N-methyl/N-ethyl adjacent to an activating group) is 1. The first-order chi connectivity index (χ1) is 18.0. The van der Waals surface area contributed by atoms with Gasteiger partial charge < -0.3 is 24.4 Å². The van der Waals surface area contributed by atoms with E-state index >= 15 is 0 Å². The fraction of sp³-hybridized carbons (Fsp3) is 0.438. The molecule has 0 heterocycles. The molecule has 0 radical (unpaired) electrons. The van der Waals surface area contributed by atoms with Crippen LogP contribution >= 0.6 is 0 Å². The summed E-state index contributed by atoms with van der Waals surface area (Å²) in [7, 11) is 5.64. The van der Waals surface area contributed by atoms with Crippen molar-refractivity contribution in [3.63, 3.8) is 0 Å². The minimum absolute atomic E-state index is 0.364. The van der Waals surface area contributed by atoms with E-state index < -0.39 is 0 Å². The van der Waals surface area contributed by atoms with E-state index in [1.54, 1.807) is 14.2 Å². The first-order valence-electron chi connectivity index (χ1n) is 13.5. The molecule has 0 amide bonds. The van der Waals surface area contributed by atoms with Crippen molar-refractivity contribution in [3.8, 4) is 11.5 Å². The van der Waals surface area contributed by atoms with Crippen molar-refractivity contribution in [2.24, 2.45) is 0 Å². The maximum atomic E-state index is 9.89. The van der Waals surface area contributed by atoms with Crippen molar-refractivity contribution in [2.75, 3.05) is 52.4 Å². The Hall–Kier alpha value is -3.02. The summed E-state index contributed by atoms with van der Waals surface area (Å²) in [5, 5.41) is 9.89. The van der Waals surface area contributed by atoms with Gasteiger partial charge in [-0.15, -0.1) is 0 Å². The predicted molar refractivity (Wildman–Crippen MR) is 152 cm³/mol. The second-order valence-electron chi connectivity index (χ2n) is 10.2. The molecule has 37 heavy (non-hydrogen) atoms. The van der Waals surface area contributed by atoms with Gasteiger partial charge in [0.05, 0.1) is 13.7 Å². The van der Waals surface area contributed by atoms with Gasteiger partial charge in [0.15, 0.2) is 0 Å². The molecule has 0 saturated carbocycles. The predicted octanol–water partition coefficient (Wildman–Crippen LogP) is 5.82. The van der Waals surface area contributed by atoms with Gasteiger partial charge in [0, 0.05) is 45.0 Å². The van der Waals surface area contributed by atoms with Gasteiger partial charge in [-0.1, -0.05) is 36.4 Å². The molecule has 0 unspecified atom stereocenters. The van der Waals surface area contributed by atoms with Gasteiger partial charge in [-0.25, -0.2) is 0 Å². The molecule has 5 nitrogen and oxygen atoms in total. The summed E-state index contributed by atoms with van der Waals surface area (Å²) in [6, 6.07) is 21.5. The number of aromatic hydroxyl groups is 1. The first-order valence-corrected chi connectivity index (χ1v) is 13.5. The molecule has 0 aliphatic heterocycles. The number of methoxy groups -OCH3 is 2. The Balaban J connectivity index is 1.49. The summed E-state index contributed by atoms with van der Waals surface area (Å²) >= 11 is 0. The zero-order valence-corrected chi connectivity index (χ0v) is 22.9. The summed E-state index contributed by atoms with van der Waals surface area (Å²) in [5.41, 5.74) is 7.96. The van der Waals surface area contributed by atoms with Gasteiger partial charge in [-0.3, -0.25) is 0 Å². The first kappa shape index (κ1) is 27.0. The third-order valence-corrected chi connectivity index (χ3v) is 7.67. The van der Waals surface area contributed by atoms with E-state index in [9.17, 15) is 5.11 Å². The molecule has 5 heteroatoms. The van der Waals surface area contributed by atoms with Crippen molar-refractivity contribution in [1.82, 2.24) is 4.90 Å². The highest BCUT2D eigenvalue weighted by Crippen LogP contribution is 2.40. The zero-order valence-electron chi connectivity index (χ0n) is 22.9. The smallest absolute Gasteiger partial charge is 0.120 e. The molecule has 3 aromatic rings. The zero-order chi connectivity index (χ0) is 26.2. The number of ether oxygens (including phenoxy) is 2. The van der Waals surface area contributed by atoms with Crippen molar-refractivity contribution in [2.45, 2.75) is 45.1 Å². The summed E-state index contributed by atoms with van der Waals surface area (Å²) in [4.78, 5) is 4.78. The van der Waals surface area contributed by atoms with E-state index in [0.717, 1.165) is 64.2 Å². The summed E-state index contributed by atoms with van der Waals surface area (Å²) in [6.07, 6.45) is 4.12. The van der Waals surface area contributed by atoms with Gasteiger partial charge in [0.2, 0.25) is 0 Å². The van der Waals surface area contributed by atoms with E-state index in [-0.39, 0.29) is 0 Å². The fourth-order valence-electron chi connectivity index (χ4n) is 5.35. The number of aryl methyl sites for hydroxylation is 1. The number of benzene rings is 3. The molecular formula is C32H42N2O3. The topological polar surface area (TPSA) is 45.2 Å². The lowest BCUT2D eigenvalue weighted by molar-refractivity contribution is 0.162. The lowest BCUT2D eigenvalue weighted by Gasteiger charge is -2.32. The molecule has 3 aromatic carbocycles. The Bertz CT molecular complexity index is 1150. The molecule has 4 rings (SSSR count). The minimum Gasteiger partial charge on any atom is -0.508 e. The van der Waals surface area contributed by atoms with Crippen LogP contribution in [0.4, 0.5) is 5.69 Å². The summed E-state index contributed by atoms with van der Waals surface area (Å²) in [5.74, 6) is 1.71. The SMILES string of the molecule is CCN(Cc1ccc(CCN(C)CCOC)cc1)c1cc(OC)ccc1[C@@H]1CCc2cc(O)ccc2C1. The van der Waals surface area contributed by atoms with Crippen LogP contribution in [0.1, 0.15) is 47.1 Å². The molecule has 198 valence electrons. The number of hydrogen-bond donors (Lipinski definition) is 1. The van der Waals surface area contributed by atoms with E-state index in [1.165, 1.54) is 33.5 Å². The molecule has 0 fully saturated rings. The van der Waals surface area contributed by atoms with Crippen molar-refractivity contribution < 1.29 is 14.6 Å². The van der Waals surface area contributed by atoms with Crippen LogP contribution in [0.3, 0.4) is 0 Å². The number of nitrogens with zero attached hydrogens (tertiary/aromatic N) is 2. The Kier molecular flexibility index (Phi) is 9.48. The van der Waals surface area contributed by atoms with Crippen LogP contribution < -0.4 is 9.64 Å². The molecular weight excluding hydrogens is 460 g/mol. The Labute approximate surface area is 222 Å². The quantitative estimate of drug-likeness (QED) is 0.338. The molecule has 1 N–H and O–H groups in total. The van der Waals surface area contributed by atoms with Crippen LogP contribution in [0.5, 0.6) is 11.5 Å². The molecule has 0 spiro atoms. The lowest BCUT2D eigenvalue weighted by atomic mass is 9.79. The molecule has 1 atom stereocenters. The molecule has 0 aromatic heterocycles. The van der Waals surface area contributed by atoms with Crippen molar-refractivity contribution in [3.05, 3.63) is 88.5 Å². The van der Waals surface area contributed by atoms with Crippen molar-refractivity contribution >= 4 is 5.69 Å². The standard InChI is InChI=1S/C32H42N2O3/c1-5-34(23-25-8-6-24(7-9-25)16-17-33(2)18-19-36-3)32-22-30(37-4)14-15-31(32)28-11-10-27-21-29(35)13-12-26(27)20-28/h6-9,12-15,21-22,28,35H,5,10-11,16-20,23H2,1-4H3/t28-/m1/s1. The number of rotatable bonds is 12. The average molecular weight is 503 g/mol. The highest BCUT2D eigenvalue weighted by Gasteiger charge is 2.24. The number of fused-ring (bicyclic) bond motifs is 1. The third-order valence-electron chi connectivity index (χ3n) is 7.67. The van der Waals surface area contributed by atoms with Gasteiger partial charge in [-0.05, 0) is 91.6 Å². The monoisotopic (exact) mass is 502 g/mol. The maximum Gasteiger partial charge on any atom is 0.120 e. The Morgan fingerprint density at radius 2 is 1.70 bits per heavy atom. The van der Waals surface area contributed by atoms with Gasteiger partial charge in [0.25, 0.3) is 0 Å². The van der Waals surface area contributed by atoms with Gasteiger partial charge in [-0.2, -0.15) is 0 Å². The van der Waals surface area contributed by atoms with Gasteiger partial charge in [0.1, 0.15) is 11.5 Å². The molecule has 0 bridgehead atoms. The van der Waals surface area contributed by atoms with Gasteiger partial charge >= 0.3 is 0 Å². The van der Waals surface area contributed by atoms with Crippen molar-refractivity contribution in [1.29, 1.82) is 0 Å². The van der Waals surface area contributed by atoms with E-state index in [0.29, 0.717) is 11.7 Å². The number of anilines is 1. The van der Waals surface area contributed by atoms with Crippen LogP contribution in [0.2, 0.25) is 0 Å². The lowest BCUT2D eigenvalue weighted by Crippen LogP contribution is -2.25. The van der Waals surface area contributed by atoms with E-state index in [1.807, 2.05) is 12.1 Å². The maximum absolute atomic E-state index is 9.89. The van der Waals surface area contributed by atoms with Crippen LogP contribution in [-0.2, 0) is 30.5 Å². The van der Waals surface area contributed by atoms with Crippen LogP contribution in [-0.4, -0.2) is 57.5 Å². The Morgan fingerprint density at radius 3 is 2.43 bits per heavy atom. The fourth-order valence-corrected chi connectivity index (χ4v) is 5.35. The summed E-state index contributed by atoms with van der Waals surface area (Å²) in [6.45, 7) is 6.77. The van der Waals surface area contributed by atoms with Crippen LogP contribution in [0.25, 0.3) is 0 Å². The normalized spacial score (nSPS) is 15.0. The highest BCUT2D eigenvalue weighted by atomic mass is 16.5. The van der Waals surface area contributed by atoms with Crippen LogP contribution in [0, 0.1) is 0 Å². The van der Waals surface area contributed by atoms with E-state index in [2.05, 4.69) is 72.3 Å². The average Bonchev–Trinajstić information content (AvgIpc) is 2.93. The second-order valence-corrected chi connectivity index (χ2v) is 10.2. The molecule has 0 saturated heterocycles. The number of phenols is 1. The molecule has 1 aliphatic rings. The molecule has 1 aliphatic carbocycles. The third kappa shape index (κ3) is 7.06. The Morgan fingerprint density at radius 1 is 0.919 bits per heavy atom.